The number of rotatable bonds is 6. The largest absolute Gasteiger partial charge is 0.326 e. The van der Waals surface area contributed by atoms with Crippen LogP contribution in [-0.2, 0) is 0 Å². The molecule has 0 rings (SSSR count). The molecule has 1 atom stereocenters. The molecule has 1 unspecified atom stereocenters. The highest BCUT2D eigenvalue weighted by Crippen LogP contribution is 2.18. The highest BCUT2D eigenvalue weighted by molar-refractivity contribution is 6.57. The van der Waals surface area contributed by atoms with Gasteiger partial charge in [0, 0.05) is 0 Å². The van der Waals surface area contributed by atoms with Crippen molar-refractivity contribution in [2.24, 2.45) is 0 Å². The quantitative estimate of drug-likeness (QED) is 0.459. The predicted molar refractivity (Wildman–Crippen MR) is 64.8 cm³/mol. The van der Waals surface area contributed by atoms with E-state index in [1.165, 1.54) is 30.5 Å². The maximum absolute atomic E-state index is 2.50. The first-order chi connectivity index (χ1) is 6.07. The Morgan fingerprint density at radius 2 is 1.31 bits per heavy atom. The molecule has 0 spiro atoms. The highest BCUT2D eigenvalue weighted by atomic mass is 28.3. The lowest BCUT2D eigenvalue weighted by Crippen LogP contribution is -2.59. The topological polar surface area (TPSA) is 0 Å². The van der Waals surface area contributed by atoms with Crippen molar-refractivity contribution in [3.63, 3.8) is 0 Å². The molecule has 0 aromatic heterocycles. The molecule has 0 saturated carbocycles. The molecule has 0 aliphatic heterocycles. The summed E-state index contributed by atoms with van der Waals surface area (Å²) in [5.74, 6) is 0. The molecule has 0 aromatic carbocycles. The van der Waals surface area contributed by atoms with Gasteiger partial charge < -0.3 is 4.48 Å². The van der Waals surface area contributed by atoms with Gasteiger partial charge in [0.15, 0.2) is 0 Å². The zero-order valence-electron chi connectivity index (χ0n) is 10.4. The van der Waals surface area contributed by atoms with Gasteiger partial charge in [-0.3, -0.25) is 0 Å². The van der Waals surface area contributed by atoms with Gasteiger partial charge in [-0.05, 0) is 27.2 Å². The molecule has 0 radical (unpaired) electrons. The first-order valence-electron chi connectivity index (χ1n) is 5.93. The smallest absolute Gasteiger partial charge is 0.102 e. The monoisotopic (exact) mass is 202 g/mol. The van der Waals surface area contributed by atoms with Crippen molar-refractivity contribution >= 4 is 8.80 Å². The lowest BCUT2D eigenvalue weighted by atomic mass is 10.3. The maximum atomic E-state index is 2.50. The number of hydrogen-bond donors (Lipinski definition) is 0. The van der Waals surface area contributed by atoms with E-state index in [4.69, 9.17) is 0 Å². The number of nitrogens with zero attached hydrogens (tertiary/aromatic N) is 1. The van der Waals surface area contributed by atoms with Gasteiger partial charge in [0.25, 0.3) is 0 Å². The van der Waals surface area contributed by atoms with Gasteiger partial charge in [-0.25, -0.2) is 0 Å². The minimum atomic E-state index is -0.491. The van der Waals surface area contributed by atoms with Crippen LogP contribution in [0.15, 0.2) is 0 Å². The molecule has 1 nitrogen and oxygen atoms in total. The van der Waals surface area contributed by atoms with Gasteiger partial charge in [-0.15, -0.1) is 0 Å². The third-order valence-corrected chi connectivity index (χ3v) is 6.42. The second-order valence-electron chi connectivity index (χ2n) is 4.39. The van der Waals surface area contributed by atoms with Gasteiger partial charge in [-0.2, -0.15) is 0 Å². The van der Waals surface area contributed by atoms with Crippen LogP contribution in [0, 0.1) is 0 Å². The van der Waals surface area contributed by atoms with Crippen LogP contribution in [0.5, 0.6) is 0 Å². The Bertz CT molecular complexity index is 122. The fourth-order valence-electron chi connectivity index (χ4n) is 2.87. The van der Waals surface area contributed by atoms with Crippen molar-refractivity contribution in [3.8, 4) is 0 Å². The summed E-state index contributed by atoms with van der Waals surface area (Å²) in [7, 11) is -0.491. The molecule has 0 saturated heterocycles. The average Bonchev–Trinajstić information content (AvgIpc) is 2.13. The van der Waals surface area contributed by atoms with Gasteiger partial charge >= 0.3 is 0 Å². The van der Waals surface area contributed by atoms with Gasteiger partial charge in [0.2, 0.25) is 0 Å². The summed E-state index contributed by atoms with van der Waals surface area (Å²) in [6.07, 6.45) is 1.37. The van der Waals surface area contributed by atoms with Crippen molar-refractivity contribution in [2.45, 2.75) is 52.9 Å². The highest BCUT2D eigenvalue weighted by Gasteiger charge is 2.33. The zero-order chi connectivity index (χ0) is 10.5. The molecule has 2 heteroatoms. The van der Waals surface area contributed by atoms with Gasteiger partial charge in [-0.1, -0.05) is 20.0 Å². The van der Waals surface area contributed by atoms with Crippen LogP contribution in [0.1, 0.15) is 34.1 Å². The second-order valence-corrected chi connectivity index (χ2v) is 7.64. The molecule has 0 amide bonds. The molecular weight excluding hydrogens is 174 g/mol. The lowest BCUT2D eigenvalue weighted by Gasteiger charge is -2.44. The molecule has 80 valence electrons. The minimum absolute atomic E-state index is 0.491. The third kappa shape index (κ3) is 2.81. The van der Waals surface area contributed by atoms with Crippen LogP contribution in [0.2, 0.25) is 13.1 Å². The normalized spacial score (nSPS) is 15.0. The maximum Gasteiger partial charge on any atom is 0.102 e. The summed E-state index contributed by atoms with van der Waals surface area (Å²) in [5.41, 5.74) is 0.986. The van der Waals surface area contributed by atoms with Crippen molar-refractivity contribution in [2.75, 3.05) is 19.6 Å². The second kappa shape index (κ2) is 5.81. The third-order valence-electron chi connectivity index (χ3n) is 3.78. The van der Waals surface area contributed by atoms with Crippen LogP contribution in [-0.4, -0.2) is 38.6 Å². The van der Waals surface area contributed by atoms with Crippen LogP contribution < -0.4 is 0 Å². The number of hydrogen-bond acceptors (Lipinski definition) is 0. The van der Waals surface area contributed by atoms with Crippen molar-refractivity contribution in [3.05, 3.63) is 0 Å². The van der Waals surface area contributed by atoms with Gasteiger partial charge in [0.1, 0.15) is 8.80 Å². The van der Waals surface area contributed by atoms with E-state index in [2.05, 4.69) is 40.8 Å². The van der Waals surface area contributed by atoms with Crippen molar-refractivity contribution in [1.29, 1.82) is 0 Å². The van der Waals surface area contributed by atoms with Crippen LogP contribution in [0.3, 0.4) is 0 Å². The molecule has 0 fully saturated rings. The molecule has 0 aromatic rings. The van der Waals surface area contributed by atoms with E-state index in [1.807, 2.05) is 0 Å². The van der Waals surface area contributed by atoms with Gasteiger partial charge in [0.05, 0.1) is 25.3 Å². The van der Waals surface area contributed by atoms with E-state index in [0.29, 0.717) is 0 Å². The molecule has 0 heterocycles. The summed E-state index contributed by atoms with van der Waals surface area (Å²) >= 11 is 0. The molecule has 13 heavy (non-hydrogen) atoms. The summed E-state index contributed by atoms with van der Waals surface area (Å²) in [6.45, 7) is 18.4. The van der Waals surface area contributed by atoms with Crippen LogP contribution in [0.4, 0.5) is 0 Å². The fourth-order valence-corrected chi connectivity index (χ4v) is 5.71. The average molecular weight is 202 g/mol. The molecule has 0 aliphatic carbocycles. The van der Waals surface area contributed by atoms with E-state index < -0.39 is 8.80 Å². The van der Waals surface area contributed by atoms with E-state index in [-0.39, 0.29) is 0 Å². The van der Waals surface area contributed by atoms with Crippen LogP contribution in [0.25, 0.3) is 0 Å². The Morgan fingerprint density at radius 3 is 1.38 bits per heavy atom. The van der Waals surface area contributed by atoms with E-state index in [1.54, 1.807) is 0 Å². The fraction of sp³-hybridized carbons (Fsp3) is 1.00. The van der Waals surface area contributed by atoms with E-state index in [0.717, 1.165) is 5.67 Å². The first kappa shape index (κ1) is 13.2. The standard InChI is InChI=1S/C11H28NSi/c1-7-11(13(5)6)12(8-2,9-3)10-4/h11,13H,7-10H2,1-6H3/q+1. The van der Waals surface area contributed by atoms with E-state index >= 15 is 0 Å². The Labute approximate surface area is 86.3 Å². The first-order valence-corrected chi connectivity index (χ1v) is 8.91. The SMILES string of the molecule is CCC([SiH](C)C)[N+](CC)(CC)CC. The Kier molecular flexibility index (Phi) is 5.89. The Balaban J connectivity index is 4.65. The predicted octanol–water partition coefficient (Wildman–Crippen LogP) is 2.67. The number of quaternary nitrogens is 1. The summed E-state index contributed by atoms with van der Waals surface area (Å²) < 4.78 is 1.36. The van der Waals surface area contributed by atoms with Crippen molar-refractivity contribution < 1.29 is 4.48 Å². The lowest BCUT2D eigenvalue weighted by molar-refractivity contribution is -0.935. The van der Waals surface area contributed by atoms with Crippen LogP contribution >= 0.6 is 0 Å². The molecule has 0 aliphatic rings. The molecular formula is C11H28NSi+. The Morgan fingerprint density at radius 1 is 0.923 bits per heavy atom. The zero-order valence-corrected chi connectivity index (χ0v) is 11.6. The Hall–Kier alpha value is 0.177. The minimum Gasteiger partial charge on any atom is -0.326 e. The molecule has 0 bridgehead atoms. The van der Waals surface area contributed by atoms with E-state index in [9.17, 15) is 0 Å². The molecule has 0 N–H and O–H groups in total. The summed E-state index contributed by atoms with van der Waals surface area (Å²) in [6, 6.07) is 0. The summed E-state index contributed by atoms with van der Waals surface area (Å²) in [5, 5.41) is 0. The van der Waals surface area contributed by atoms with Crippen molar-refractivity contribution in [1.82, 2.24) is 0 Å². The summed E-state index contributed by atoms with van der Waals surface area (Å²) in [4.78, 5) is 0.